The number of methoxy groups -OCH3 is 1. The molecule has 0 radical (unpaired) electrons. The zero-order chi connectivity index (χ0) is 20.6. The number of carbonyl (C=O) groups is 3. The van der Waals surface area contributed by atoms with Crippen molar-refractivity contribution in [1.29, 1.82) is 0 Å². The van der Waals surface area contributed by atoms with E-state index < -0.39 is 29.7 Å². The van der Waals surface area contributed by atoms with Gasteiger partial charge in [0.2, 0.25) is 0 Å². The number of benzene rings is 1. The number of imide groups is 1. The van der Waals surface area contributed by atoms with E-state index in [0.29, 0.717) is 35.1 Å². The molecule has 1 saturated heterocycles. The molecule has 1 aliphatic heterocycles. The van der Waals surface area contributed by atoms with Crippen LogP contribution in [0.1, 0.15) is 31.2 Å². The van der Waals surface area contributed by atoms with Gasteiger partial charge in [0.05, 0.1) is 7.11 Å². The van der Waals surface area contributed by atoms with Gasteiger partial charge in [-0.15, -0.1) is 0 Å². The number of hydrogen-bond acceptors (Lipinski definition) is 7. The number of nitrogens with one attached hydrogen (secondary N) is 1. The molecule has 4 rings (SSSR count). The number of rotatable bonds is 5. The number of fused-ring (bicyclic) bond motifs is 1. The van der Waals surface area contributed by atoms with E-state index in [-0.39, 0.29) is 12.5 Å². The maximum Gasteiger partial charge on any atom is 0.336 e. The Labute approximate surface area is 165 Å². The number of ether oxygens (including phenoxy) is 2. The Bertz CT molecular complexity index is 1050. The molecule has 29 heavy (non-hydrogen) atoms. The Morgan fingerprint density at radius 2 is 1.97 bits per heavy atom. The zero-order valence-corrected chi connectivity index (χ0v) is 15.9. The molecule has 0 bridgehead atoms. The summed E-state index contributed by atoms with van der Waals surface area (Å²) in [7, 11) is 1.50. The summed E-state index contributed by atoms with van der Waals surface area (Å²) in [6.07, 6.45) is 2.88. The molecule has 2 aromatic rings. The van der Waals surface area contributed by atoms with Crippen molar-refractivity contribution >= 4 is 28.9 Å². The largest absolute Gasteiger partial charge is 0.497 e. The Morgan fingerprint density at radius 3 is 2.69 bits per heavy atom. The molecule has 9 heteroatoms. The molecule has 3 amide bonds. The number of amides is 3. The van der Waals surface area contributed by atoms with Crippen LogP contribution < -0.4 is 15.7 Å². The van der Waals surface area contributed by atoms with Gasteiger partial charge in [0.25, 0.3) is 5.91 Å². The number of hydrogen-bond donors (Lipinski definition) is 1. The molecule has 1 spiro atoms. The topological polar surface area (TPSA) is 115 Å². The van der Waals surface area contributed by atoms with E-state index in [2.05, 4.69) is 5.32 Å². The summed E-state index contributed by atoms with van der Waals surface area (Å²) < 4.78 is 15.5. The summed E-state index contributed by atoms with van der Waals surface area (Å²) >= 11 is 0. The number of esters is 1. The molecule has 2 heterocycles. The van der Waals surface area contributed by atoms with E-state index >= 15 is 0 Å². The van der Waals surface area contributed by atoms with Crippen molar-refractivity contribution in [1.82, 2.24) is 10.2 Å². The van der Waals surface area contributed by atoms with Crippen LogP contribution in [0.4, 0.5) is 4.79 Å². The van der Waals surface area contributed by atoms with Gasteiger partial charge in [-0.05, 0) is 25.0 Å². The molecule has 9 nitrogen and oxygen atoms in total. The summed E-state index contributed by atoms with van der Waals surface area (Å²) in [5, 5.41) is 3.31. The molecular formula is C20H20N2O7. The van der Waals surface area contributed by atoms with Gasteiger partial charge in [-0.1, -0.05) is 12.8 Å². The van der Waals surface area contributed by atoms with Crippen molar-refractivity contribution in [2.24, 2.45) is 0 Å². The molecule has 1 saturated carbocycles. The zero-order valence-electron chi connectivity index (χ0n) is 15.9. The van der Waals surface area contributed by atoms with Gasteiger partial charge in [-0.25, -0.2) is 9.59 Å². The minimum Gasteiger partial charge on any atom is -0.497 e. The average Bonchev–Trinajstić information content (AvgIpc) is 3.26. The second-order valence-electron chi connectivity index (χ2n) is 7.22. The minimum atomic E-state index is -0.870. The maximum absolute atomic E-state index is 12.6. The molecule has 1 aromatic heterocycles. The number of urea groups is 1. The third kappa shape index (κ3) is 3.43. The minimum absolute atomic E-state index is 0.192. The second kappa shape index (κ2) is 7.23. The van der Waals surface area contributed by atoms with Gasteiger partial charge in [0.1, 0.15) is 30.0 Å². The van der Waals surface area contributed by atoms with Crippen LogP contribution in [0.15, 0.2) is 33.5 Å². The predicted octanol–water partition coefficient (Wildman–Crippen LogP) is 1.71. The molecule has 2 aliphatic rings. The van der Waals surface area contributed by atoms with E-state index in [9.17, 15) is 19.2 Å². The van der Waals surface area contributed by atoms with Gasteiger partial charge in [0.15, 0.2) is 0 Å². The number of carbonyl (C=O) groups excluding carboxylic acids is 3. The van der Waals surface area contributed by atoms with Crippen molar-refractivity contribution < 1.29 is 28.3 Å². The lowest BCUT2D eigenvalue weighted by Crippen LogP contribution is -2.44. The first-order chi connectivity index (χ1) is 13.9. The van der Waals surface area contributed by atoms with Crippen LogP contribution in [0.25, 0.3) is 11.0 Å². The molecular weight excluding hydrogens is 380 g/mol. The van der Waals surface area contributed by atoms with Crippen LogP contribution in [0.3, 0.4) is 0 Å². The SMILES string of the molecule is COc1ccc2c(COC(=O)CN3C(=O)NC4(CCCC4)C3=O)cc(=O)oc2c1. The first-order valence-electron chi connectivity index (χ1n) is 9.32. The Morgan fingerprint density at radius 1 is 1.21 bits per heavy atom. The van der Waals surface area contributed by atoms with Crippen LogP contribution in [0.5, 0.6) is 5.75 Å². The van der Waals surface area contributed by atoms with Crippen LogP contribution in [-0.4, -0.2) is 42.0 Å². The van der Waals surface area contributed by atoms with Crippen LogP contribution >= 0.6 is 0 Å². The highest BCUT2D eigenvalue weighted by atomic mass is 16.5. The fraction of sp³-hybridized carbons (Fsp3) is 0.400. The van der Waals surface area contributed by atoms with Crippen molar-refractivity contribution in [2.75, 3.05) is 13.7 Å². The highest BCUT2D eigenvalue weighted by Gasteiger charge is 2.52. The molecule has 2 fully saturated rings. The van der Waals surface area contributed by atoms with Crippen LogP contribution in [0, 0.1) is 0 Å². The lowest BCUT2D eigenvalue weighted by Gasteiger charge is -2.19. The van der Waals surface area contributed by atoms with Gasteiger partial charge in [-0.3, -0.25) is 14.5 Å². The summed E-state index contributed by atoms with van der Waals surface area (Å²) in [5.41, 5.74) is -0.698. The van der Waals surface area contributed by atoms with Crippen LogP contribution in [-0.2, 0) is 20.9 Å². The first kappa shape index (κ1) is 19.0. The molecule has 1 aromatic carbocycles. The summed E-state index contributed by atoms with van der Waals surface area (Å²) in [5.74, 6) is -0.595. The highest BCUT2D eigenvalue weighted by molar-refractivity contribution is 6.08. The quantitative estimate of drug-likeness (QED) is 0.461. The maximum atomic E-state index is 12.6. The fourth-order valence-corrected chi connectivity index (χ4v) is 3.93. The highest BCUT2D eigenvalue weighted by Crippen LogP contribution is 2.35. The van der Waals surface area contributed by atoms with Crippen molar-refractivity contribution in [3.63, 3.8) is 0 Å². The van der Waals surface area contributed by atoms with Gasteiger partial charge >= 0.3 is 17.6 Å². The molecule has 152 valence electrons. The second-order valence-corrected chi connectivity index (χ2v) is 7.22. The fourth-order valence-electron chi connectivity index (χ4n) is 3.93. The molecule has 0 atom stereocenters. The van der Waals surface area contributed by atoms with E-state index in [4.69, 9.17) is 13.9 Å². The third-order valence-corrected chi connectivity index (χ3v) is 5.42. The lowest BCUT2D eigenvalue weighted by molar-refractivity contribution is -0.148. The monoisotopic (exact) mass is 400 g/mol. The Hall–Kier alpha value is -3.36. The normalized spacial score (nSPS) is 17.8. The molecule has 1 aliphatic carbocycles. The third-order valence-electron chi connectivity index (χ3n) is 5.42. The molecule has 0 unspecified atom stereocenters. The van der Waals surface area contributed by atoms with E-state index in [1.165, 1.54) is 13.2 Å². The first-order valence-corrected chi connectivity index (χ1v) is 9.32. The van der Waals surface area contributed by atoms with Crippen molar-refractivity contribution in [3.05, 3.63) is 40.2 Å². The van der Waals surface area contributed by atoms with Crippen molar-refractivity contribution in [2.45, 2.75) is 37.8 Å². The van der Waals surface area contributed by atoms with E-state index in [1.807, 2.05) is 0 Å². The molecule has 1 N–H and O–H groups in total. The standard InChI is InChI=1S/C20H20N2O7/c1-27-13-4-5-14-12(8-16(23)29-15(14)9-13)11-28-17(24)10-22-18(25)20(21-19(22)26)6-2-3-7-20/h4-5,8-9H,2-3,6-7,10-11H2,1H3,(H,21,26). The summed E-state index contributed by atoms with van der Waals surface area (Å²) in [6.45, 7) is -0.665. The predicted molar refractivity (Wildman–Crippen MR) is 100 cm³/mol. The smallest absolute Gasteiger partial charge is 0.336 e. The van der Waals surface area contributed by atoms with Crippen molar-refractivity contribution in [3.8, 4) is 5.75 Å². The van der Waals surface area contributed by atoms with Gasteiger partial charge in [0, 0.05) is 23.1 Å². The van der Waals surface area contributed by atoms with E-state index in [0.717, 1.165) is 17.7 Å². The summed E-state index contributed by atoms with van der Waals surface area (Å²) in [6, 6.07) is 5.62. The summed E-state index contributed by atoms with van der Waals surface area (Å²) in [4.78, 5) is 49.7. The number of nitrogens with zero attached hydrogens (tertiary/aromatic N) is 1. The average molecular weight is 400 g/mol. The van der Waals surface area contributed by atoms with Crippen LogP contribution in [0.2, 0.25) is 0 Å². The lowest BCUT2D eigenvalue weighted by atomic mass is 9.98. The Balaban J connectivity index is 1.46. The van der Waals surface area contributed by atoms with Gasteiger partial charge < -0.3 is 19.2 Å². The van der Waals surface area contributed by atoms with Gasteiger partial charge in [-0.2, -0.15) is 0 Å². The Kier molecular flexibility index (Phi) is 4.73. The van der Waals surface area contributed by atoms with E-state index in [1.54, 1.807) is 18.2 Å².